The Bertz CT molecular complexity index is 561. The summed E-state index contributed by atoms with van der Waals surface area (Å²) in [5.74, 6) is -4.84. The minimum Gasteiger partial charge on any atom is -0.266 e. The van der Waals surface area contributed by atoms with Gasteiger partial charge < -0.3 is 0 Å². The van der Waals surface area contributed by atoms with Gasteiger partial charge in [0.25, 0.3) is 15.9 Å². The van der Waals surface area contributed by atoms with E-state index in [1.54, 1.807) is 12.1 Å². The van der Waals surface area contributed by atoms with E-state index >= 15 is 0 Å². The Balaban J connectivity index is 3.08. The Hall–Kier alpha value is -1.57. The van der Waals surface area contributed by atoms with Crippen LogP contribution in [0.1, 0.15) is 42.2 Å². The zero-order valence-electron chi connectivity index (χ0n) is 10.4. The molecule has 1 rings (SSSR count). The van der Waals surface area contributed by atoms with Gasteiger partial charge in [-0.3, -0.25) is 9.78 Å². The van der Waals surface area contributed by atoms with Crippen LogP contribution in [0, 0.1) is 0 Å². The molecule has 0 aromatic carbocycles. The van der Waals surface area contributed by atoms with Crippen LogP contribution in [0.2, 0.25) is 0 Å². The van der Waals surface area contributed by atoms with Gasteiger partial charge in [-0.05, 0) is 24.0 Å². The predicted molar refractivity (Wildman–Crippen MR) is 65.3 cm³/mol. The Kier molecular flexibility index (Phi) is 4.93. The maximum Gasteiger partial charge on any atom is 0.355 e. The molecule has 1 N–H and O–H groups in total. The number of rotatable bonds is 5. The van der Waals surface area contributed by atoms with E-state index in [-0.39, 0.29) is 11.6 Å². The highest BCUT2D eigenvalue weighted by atomic mass is 32.2. The summed E-state index contributed by atoms with van der Waals surface area (Å²) >= 11 is 0. The van der Waals surface area contributed by atoms with Gasteiger partial charge in [-0.2, -0.15) is 8.78 Å². The lowest BCUT2D eigenvalue weighted by atomic mass is 9.97. The van der Waals surface area contributed by atoms with Crippen molar-refractivity contribution in [3.05, 3.63) is 29.6 Å². The fourth-order valence-electron chi connectivity index (χ4n) is 1.45. The number of sulfonamides is 1. The normalized spacial score (nSPS) is 13.3. The predicted octanol–water partition coefficient (Wildman–Crippen LogP) is 1.88. The molecule has 0 bridgehead atoms. The maximum absolute atomic E-state index is 12.2. The fourth-order valence-corrected chi connectivity index (χ4v) is 1.89. The molecule has 1 amide bonds. The molecular weight excluding hydrogens is 278 g/mol. The van der Waals surface area contributed by atoms with Crippen LogP contribution < -0.4 is 4.72 Å². The maximum atomic E-state index is 12.2. The molecule has 0 fully saturated rings. The third kappa shape index (κ3) is 3.69. The van der Waals surface area contributed by atoms with Crippen LogP contribution >= 0.6 is 0 Å². The van der Waals surface area contributed by atoms with Crippen molar-refractivity contribution in [2.75, 3.05) is 0 Å². The number of hydrogen-bond donors (Lipinski definition) is 1. The third-order valence-electron chi connectivity index (χ3n) is 2.67. The lowest BCUT2D eigenvalue weighted by molar-refractivity contribution is 0.0970. The van der Waals surface area contributed by atoms with Crippen molar-refractivity contribution in [3.8, 4) is 0 Å². The second kappa shape index (κ2) is 6.05. The van der Waals surface area contributed by atoms with Crippen LogP contribution in [-0.4, -0.2) is 25.1 Å². The van der Waals surface area contributed by atoms with Gasteiger partial charge in [0.05, 0.1) is 0 Å². The number of alkyl halides is 2. The van der Waals surface area contributed by atoms with Crippen molar-refractivity contribution in [2.24, 2.45) is 0 Å². The summed E-state index contributed by atoms with van der Waals surface area (Å²) in [5.41, 5.74) is 0.369. The van der Waals surface area contributed by atoms with Gasteiger partial charge in [-0.25, -0.2) is 13.1 Å². The fraction of sp³-hybridized carbons (Fsp3) is 0.455. The molecule has 0 spiro atoms. The summed E-state index contributed by atoms with van der Waals surface area (Å²) in [7, 11) is -4.97. The number of nitrogens with one attached hydrogen (secondary N) is 1. The van der Waals surface area contributed by atoms with Crippen LogP contribution in [0.15, 0.2) is 18.3 Å². The number of hydrogen-bond acceptors (Lipinski definition) is 4. The summed E-state index contributed by atoms with van der Waals surface area (Å²) < 4.78 is 47.6. The molecule has 8 heteroatoms. The highest BCUT2D eigenvalue weighted by Gasteiger charge is 2.28. The topological polar surface area (TPSA) is 76.1 Å². The van der Waals surface area contributed by atoms with Crippen molar-refractivity contribution in [1.29, 1.82) is 0 Å². The van der Waals surface area contributed by atoms with Crippen LogP contribution in [0.3, 0.4) is 0 Å². The second-order valence-corrected chi connectivity index (χ2v) is 5.64. The van der Waals surface area contributed by atoms with Gasteiger partial charge in [0, 0.05) is 6.20 Å². The van der Waals surface area contributed by atoms with Crippen LogP contribution in [0.4, 0.5) is 8.78 Å². The van der Waals surface area contributed by atoms with Crippen molar-refractivity contribution in [2.45, 2.75) is 31.9 Å². The van der Waals surface area contributed by atoms with Gasteiger partial charge in [-0.15, -0.1) is 0 Å². The first kappa shape index (κ1) is 15.5. The molecule has 1 unspecified atom stereocenters. The molecule has 1 heterocycles. The van der Waals surface area contributed by atoms with Gasteiger partial charge in [0.15, 0.2) is 0 Å². The summed E-state index contributed by atoms with van der Waals surface area (Å²) in [5, 5.41) is 0. The van der Waals surface area contributed by atoms with Crippen LogP contribution in [-0.2, 0) is 10.0 Å². The molecule has 0 radical (unpaired) electrons. The molecule has 106 valence electrons. The van der Waals surface area contributed by atoms with Crippen molar-refractivity contribution in [3.63, 3.8) is 0 Å². The average molecular weight is 292 g/mol. The zero-order chi connectivity index (χ0) is 14.6. The number of amides is 1. The average Bonchev–Trinajstić information content (AvgIpc) is 2.37. The first-order chi connectivity index (χ1) is 8.79. The van der Waals surface area contributed by atoms with E-state index in [4.69, 9.17) is 0 Å². The summed E-state index contributed by atoms with van der Waals surface area (Å²) in [6, 6.07) is 3.21. The molecule has 0 aliphatic rings. The van der Waals surface area contributed by atoms with Crippen molar-refractivity contribution >= 4 is 15.9 Å². The molecule has 1 aromatic rings. The van der Waals surface area contributed by atoms with E-state index in [0.717, 1.165) is 0 Å². The molecular formula is C11H14F2N2O3S. The smallest absolute Gasteiger partial charge is 0.266 e. The number of halogens is 2. The first-order valence-electron chi connectivity index (χ1n) is 5.58. The Morgan fingerprint density at radius 1 is 1.47 bits per heavy atom. The van der Waals surface area contributed by atoms with Crippen LogP contribution in [0.25, 0.3) is 0 Å². The monoisotopic (exact) mass is 292 g/mol. The molecule has 1 aromatic heterocycles. The van der Waals surface area contributed by atoms with Gasteiger partial charge >= 0.3 is 5.76 Å². The first-order valence-corrected chi connectivity index (χ1v) is 7.13. The number of carbonyl (C=O) groups excluding carboxylic acids is 1. The minimum absolute atomic E-state index is 0.0382. The number of nitrogens with zero attached hydrogens (tertiary/aromatic N) is 1. The van der Waals surface area contributed by atoms with E-state index < -0.39 is 21.7 Å². The Morgan fingerprint density at radius 2 is 2.11 bits per heavy atom. The summed E-state index contributed by atoms with van der Waals surface area (Å²) in [6.45, 7) is 3.71. The second-order valence-electron chi connectivity index (χ2n) is 3.99. The van der Waals surface area contributed by atoms with Gasteiger partial charge in [0.1, 0.15) is 5.69 Å². The van der Waals surface area contributed by atoms with E-state index in [1.165, 1.54) is 10.9 Å². The molecule has 1 atom stereocenters. The quantitative estimate of drug-likeness (QED) is 0.899. The third-order valence-corrected chi connectivity index (χ3v) is 3.61. The van der Waals surface area contributed by atoms with Crippen LogP contribution in [0.5, 0.6) is 0 Å². The number of pyridine rings is 1. The number of carbonyl (C=O) groups is 1. The SMILES string of the molecule is CCC(C)c1cccnc1C(=O)NS(=O)(=O)C(F)F. The van der Waals surface area contributed by atoms with E-state index in [9.17, 15) is 22.0 Å². The van der Waals surface area contributed by atoms with E-state index in [2.05, 4.69) is 4.98 Å². The minimum atomic E-state index is -4.97. The zero-order valence-corrected chi connectivity index (χ0v) is 11.2. The lowest BCUT2D eigenvalue weighted by Gasteiger charge is -2.13. The molecule has 0 aliphatic carbocycles. The van der Waals surface area contributed by atoms with E-state index in [0.29, 0.717) is 12.0 Å². The molecule has 5 nitrogen and oxygen atoms in total. The molecule has 19 heavy (non-hydrogen) atoms. The largest absolute Gasteiger partial charge is 0.355 e. The van der Waals surface area contributed by atoms with Gasteiger partial charge in [0.2, 0.25) is 0 Å². The van der Waals surface area contributed by atoms with E-state index in [1.807, 2.05) is 13.8 Å². The highest BCUT2D eigenvalue weighted by molar-refractivity contribution is 7.90. The summed E-state index contributed by atoms with van der Waals surface area (Å²) in [6.07, 6.45) is 2.00. The van der Waals surface area contributed by atoms with Crippen molar-refractivity contribution < 1.29 is 22.0 Å². The van der Waals surface area contributed by atoms with Crippen molar-refractivity contribution in [1.82, 2.24) is 9.71 Å². The standard InChI is InChI=1S/C11H14F2N2O3S/c1-3-7(2)8-5-4-6-14-9(8)10(16)15-19(17,18)11(12)13/h4-7,11H,3H2,1-2H3,(H,15,16). The van der Waals surface area contributed by atoms with Gasteiger partial charge in [-0.1, -0.05) is 19.9 Å². The Morgan fingerprint density at radius 3 is 2.63 bits per heavy atom. The Labute approximate surface area is 110 Å². The highest BCUT2D eigenvalue weighted by Crippen LogP contribution is 2.21. The number of aromatic nitrogens is 1. The molecule has 0 aliphatic heterocycles. The molecule has 0 saturated carbocycles. The summed E-state index contributed by atoms with van der Waals surface area (Å²) in [4.78, 5) is 15.5. The lowest BCUT2D eigenvalue weighted by Crippen LogP contribution is -2.35. The molecule has 0 saturated heterocycles.